The normalized spacial score (nSPS) is 15.0. The number of aryl methyl sites for hydroxylation is 2. The molecule has 0 saturated carbocycles. The van der Waals surface area contributed by atoms with Gasteiger partial charge in [-0.05, 0) is 26.2 Å². The zero-order valence-electron chi connectivity index (χ0n) is 17.6. The molecule has 1 aliphatic heterocycles. The fraction of sp³-hybridized carbons (Fsp3) is 0.650. The summed E-state index contributed by atoms with van der Waals surface area (Å²) < 4.78 is 32.4. The van der Waals surface area contributed by atoms with Gasteiger partial charge in [0.2, 0.25) is 15.2 Å². The quantitative estimate of drug-likeness (QED) is 0.505. The van der Waals surface area contributed by atoms with Crippen LogP contribution in [0.25, 0.3) is 0 Å². The van der Waals surface area contributed by atoms with E-state index in [2.05, 4.69) is 22.4 Å². The molecule has 166 valence electrons. The van der Waals surface area contributed by atoms with Gasteiger partial charge in [0.1, 0.15) is 15.7 Å². The number of aromatic nitrogens is 2. The third kappa shape index (κ3) is 5.67. The van der Waals surface area contributed by atoms with Crippen LogP contribution in [0.5, 0.6) is 0 Å². The van der Waals surface area contributed by atoms with Crippen molar-refractivity contribution >= 4 is 32.4 Å². The highest BCUT2D eigenvalue weighted by Crippen LogP contribution is 2.27. The summed E-state index contributed by atoms with van der Waals surface area (Å²) in [6, 6.07) is 1.30. The van der Waals surface area contributed by atoms with Crippen LogP contribution >= 0.6 is 11.3 Å². The highest BCUT2D eigenvalue weighted by atomic mass is 32.2. The van der Waals surface area contributed by atoms with E-state index in [-0.39, 0.29) is 16.4 Å². The van der Waals surface area contributed by atoms with Crippen molar-refractivity contribution in [2.24, 2.45) is 0 Å². The van der Waals surface area contributed by atoms with Crippen molar-refractivity contribution in [2.75, 3.05) is 18.4 Å². The first-order chi connectivity index (χ1) is 14.4. The second kappa shape index (κ2) is 10.5. The summed E-state index contributed by atoms with van der Waals surface area (Å²) in [5, 5.41) is 12.1. The van der Waals surface area contributed by atoms with Crippen molar-refractivity contribution < 1.29 is 17.6 Å². The van der Waals surface area contributed by atoms with Crippen molar-refractivity contribution in [1.82, 2.24) is 14.5 Å². The standard InChI is InChI=1S/C20H30N4O4S2/c1-3-4-5-6-7-8-11-18-22-23-20(29-18)21-19(25)16-14-17(15(2)28-16)30(26,27)24-12-9-10-13-24/h14H,3-13H2,1-2H3,(H,21,23,25). The number of furan rings is 1. The largest absolute Gasteiger partial charge is 0.455 e. The first kappa shape index (κ1) is 22.9. The Morgan fingerprint density at radius 2 is 1.87 bits per heavy atom. The molecule has 1 aliphatic rings. The summed E-state index contributed by atoms with van der Waals surface area (Å²) in [6.45, 7) is 4.76. The van der Waals surface area contributed by atoms with Gasteiger partial charge >= 0.3 is 0 Å². The summed E-state index contributed by atoms with van der Waals surface area (Å²) >= 11 is 1.34. The van der Waals surface area contributed by atoms with E-state index < -0.39 is 15.9 Å². The molecule has 2 aromatic heterocycles. The molecule has 0 spiro atoms. The van der Waals surface area contributed by atoms with Crippen LogP contribution < -0.4 is 5.32 Å². The number of amides is 1. The van der Waals surface area contributed by atoms with Gasteiger partial charge < -0.3 is 4.42 Å². The number of nitrogens with one attached hydrogen (secondary N) is 1. The van der Waals surface area contributed by atoms with Crippen molar-refractivity contribution in [3.8, 4) is 0 Å². The number of anilines is 1. The summed E-state index contributed by atoms with van der Waals surface area (Å²) in [7, 11) is -3.64. The Labute approximate surface area is 182 Å². The number of carbonyl (C=O) groups is 1. The minimum absolute atomic E-state index is 0.0436. The smallest absolute Gasteiger partial charge is 0.293 e. The van der Waals surface area contributed by atoms with Gasteiger partial charge in [-0.1, -0.05) is 50.4 Å². The molecule has 0 radical (unpaired) electrons. The summed E-state index contributed by atoms with van der Waals surface area (Å²) in [6.07, 6.45) is 9.79. The van der Waals surface area contributed by atoms with Crippen LogP contribution in [0.3, 0.4) is 0 Å². The molecule has 30 heavy (non-hydrogen) atoms. The van der Waals surface area contributed by atoms with Crippen LogP contribution in [0.4, 0.5) is 5.13 Å². The van der Waals surface area contributed by atoms with Crippen molar-refractivity contribution in [3.05, 3.63) is 22.6 Å². The van der Waals surface area contributed by atoms with Gasteiger partial charge in [0.25, 0.3) is 5.91 Å². The Kier molecular flexibility index (Phi) is 8.01. The van der Waals surface area contributed by atoms with Crippen molar-refractivity contribution in [2.45, 2.75) is 76.5 Å². The maximum Gasteiger partial charge on any atom is 0.293 e. The Hall–Kier alpha value is -1.78. The second-order valence-electron chi connectivity index (χ2n) is 7.62. The molecule has 0 atom stereocenters. The molecule has 0 bridgehead atoms. The topological polar surface area (TPSA) is 105 Å². The molecule has 3 rings (SSSR count). The Morgan fingerprint density at radius 1 is 1.17 bits per heavy atom. The van der Waals surface area contributed by atoms with Crippen LogP contribution in [0.2, 0.25) is 0 Å². The minimum Gasteiger partial charge on any atom is -0.455 e. The number of nitrogens with zero attached hydrogens (tertiary/aromatic N) is 3. The molecule has 8 nitrogen and oxygen atoms in total. The molecule has 1 saturated heterocycles. The highest BCUT2D eigenvalue weighted by molar-refractivity contribution is 7.89. The summed E-state index contributed by atoms with van der Waals surface area (Å²) in [4.78, 5) is 12.6. The minimum atomic E-state index is -3.64. The van der Waals surface area contributed by atoms with E-state index in [1.54, 1.807) is 6.92 Å². The van der Waals surface area contributed by atoms with Crippen molar-refractivity contribution in [1.29, 1.82) is 0 Å². The van der Waals surface area contributed by atoms with E-state index in [4.69, 9.17) is 4.42 Å². The fourth-order valence-corrected chi connectivity index (χ4v) is 5.98. The molecule has 0 aliphatic carbocycles. The maximum absolute atomic E-state index is 12.8. The molecular formula is C20H30N4O4S2. The van der Waals surface area contributed by atoms with E-state index in [0.717, 1.165) is 30.7 Å². The fourth-order valence-electron chi connectivity index (χ4n) is 3.52. The second-order valence-corrected chi connectivity index (χ2v) is 10.6. The summed E-state index contributed by atoms with van der Waals surface area (Å²) in [5.41, 5.74) is 0. The van der Waals surface area contributed by atoms with Crippen molar-refractivity contribution in [3.63, 3.8) is 0 Å². The Bertz CT molecular complexity index is 946. The zero-order chi connectivity index (χ0) is 21.6. The van der Waals surface area contributed by atoms with Gasteiger partial charge in [0.15, 0.2) is 5.76 Å². The average Bonchev–Trinajstić information content (AvgIpc) is 3.46. The molecule has 0 unspecified atom stereocenters. The predicted molar refractivity (Wildman–Crippen MR) is 116 cm³/mol. The number of hydrogen-bond acceptors (Lipinski definition) is 7. The molecule has 2 aromatic rings. The number of carbonyl (C=O) groups excluding carboxylic acids is 1. The van der Waals surface area contributed by atoms with E-state index in [1.165, 1.54) is 53.8 Å². The number of rotatable bonds is 11. The van der Waals surface area contributed by atoms with Gasteiger partial charge in [0, 0.05) is 25.6 Å². The Balaban J connectivity index is 1.56. The van der Waals surface area contributed by atoms with Gasteiger partial charge in [-0.2, -0.15) is 4.31 Å². The van der Waals surface area contributed by atoms with Gasteiger partial charge in [-0.25, -0.2) is 8.42 Å². The monoisotopic (exact) mass is 454 g/mol. The van der Waals surface area contributed by atoms with Crippen LogP contribution in [-0.4, -0.2) is 41.9 Å². The number of unbranched alkanes of at least 4 members (excludes halogenated alkanes) is 5. The average molecular weight is 455 g/mol. The number of sulfonamides is 1. The first-order valence-electron chi connectivity index (χ1n) is 10.7. The zero-order valence-corrected chi connectivity index (χ0v) is 19.3. The first-order valence-corrected chi connectivity index (χ1v) is 12.9. The lowest BCUT2D eigenvalue weighted by Gasteiger charge is -2.14. The molecule has 10 heteroatoms. The van der Waals surface area contributed by atoms with Crippen LogP contribution in [-0.2, 0) is 16.4 Å². The molecule has 3 heterocycles. The van der Waals surface area contributed by atoms with Gasteiger partial charge in [-0.15, -0.1) is 10.2 Å². The molecule has 1 N–H and O–H groups in total. The molecule has 1 amide bonds. The summed E-state index contributed by atoms with van der Waals surface area (Å²) in [5.74, 6) is -0.353. The van der Waals surface area contributed by atoms with Gasteiger partial charge in [-0.3, -0.25) is 10.1 Å². The van der Waals surface area contributed by atoms with Crippen LogP contribution in [0.15, 0.2) is 15.4 Å². The lowest BCUT2D eigenvalue weighted by molar-refractivity contribution is 0.0995. The molecular weight excluding hydrogens is 424 g/mol. The molecule has 0 aromatic carbocycles. The lowest BCUT2D eigenvalue weighted by Crippen LogP contribution is -2.28. The van der Waals surface area contributed by atoms with E-state index >= 15 is 0 Å². The molecule has 1 fully saturated rings. The predicted octanol–water partition coefficient (Wildman–Crippen LogP) is 4.38. The Morgan fingerprint density at radius 3 is 2.60 bits per heavy atom. The van der Waals surface area contributed by atoms with Gasteiger partial charge in [0.05, 0.1) is 0 Å². The van der Waals surface area contributed by atoms with E-state index in [1.807, 2.05) is 0 Å². The third-order valence-electron chi connectivity index (χ3n) is 5.21. The van der Waals surface area contributed by atoms with Crippen LogP contribution in [0.1, 0.15) is 79.6 Å². The van der Waals surface area contributed by atoms with E-state index in [0.29, 0.717) is 18.2 Å². The van der Waals surface area contributed by atoms with Crippen LogP contribution in [0, 0.1) is 6.92 Å². The van der Waals surface area contributed by atoms with E-state index in [9.17, 15) is 13.2 Å². The highest BCUT2D eigenvalue weighted by Gasteiger charge is 2.31. The maximum atomic E-state index is 12.8. The third-order valence-corrected chi connectivity index (χ3v) is 8.11. The number of hydrogen-bond donors (Lipinski definition) is 1. The lowest BCUT2D eigenvalue weighted by atomic mass is 10.1. The SMILES string of the molecule is CCCCCCCCc1nnc(NC(=O)c2cc(S(=O)(=O)N3CCCC3)c(C)o2)s1.